The third-order valence-electron chi connectivity index (χ3n) is 1.83. The molecule has 0 atom stereocenters. The highest BCUT2D eigenvalue weighted by atomic mass is 19.1. The number of allylic oxidation sites excluding steroid dienone is 1. The van der Waals surface area contributed by atoms with Gasteiger partial charge in [0, 0.05) is 6.42 Å². The molecule has 0 heterocycles. The van der Waals surface area contributed by atoms with E-state index in [1.54, 1.807) is 18.2 Å². The van der Waals surface area contributed by atoms with E-state index in [4.69, 9.17) is 0 Å². The molecule has 14 heavy (non-hydrogen) atoms. The number of carbonyl (C=O) groups excluding carboxylic acids is 1. The van der Waals surface area contributed by atoms with Crippen LogP contribution in [-0.4, -0.2) is 5.78 Å². The summed E-state index contributed by atoms with van der Waals surface area (Å²) in [6.45, 7) is 1.96. The molecule has 1 aromatic carbocycles. The zero-order valence-electron chi connectivity index (χ0n) is 8.16. The SMILES string of the molecule is CCCC(=O)C=Cc1ccc(F)cc1. The Morgan fingerprint density at radius 1 is 1.36 bits per heavy atom. The number of halogens is 1. The van der Waals surface area contributed by atoms with Gasteiger partial charge in [-0.05, 0) is 30.2 Å². The van der Waals surface area contributed by atoms with Crippen LogP contribution in [-0.2, 0) is 4.79 Å². The molecule has 0 aromatic heterocycles. The van der Waals surface area contributed by atoms with E-state index in [1.807, 2.05) is 6.92 Å². The van der Waals surface area contributed by atoms with Crippen molar-refractivity contribution in [2.24, 2.45) is 0 Å². The molecular formula is C12H13FO. The zero-order valence-corrected chi connectivity index (χ0v) is 8.16. The van der Waals surface area contributed by atoms with Crippen LogP contribution in [0.4, 0.5) is 4.39 Å². The Morgan fingerprint density at radius 3 is 2.57 bits per heavy atom. The maximum absolute atomic E-state index is 12.5. The van der Waals surface area contributed by atoms with Gasteiger partial charge in [0.1, 0.15) is 5.82 Å². The molecule has 0 fully saturated rings. The Morgan fingerprint density at radius 2 is 2.00 bits per heavy atom. The fourth-order valence-electron chi connectivity index (χ4n) is 1.09. The lowest BCUT2D eigenvalue weighted by molar-refractivity contribution is -0.114. The molecule has 0 amide bonds. The van der Waals surface area contributed by atoms with Crippen LogP contribution in [0.3, 0.4) is 0 Å². The minimum absolute atomic E-state index is 0.108. The Labute approximate surface area is 83.3 Å². The second-order valence-electron chi connectivity index (χ2n) is 3.10. The van der Waals surface area contributed by atoms with Crippen molar-refractivity contribution in [3.63, 3.8) is 0 Å². The van der Waals surface area contributed by atoms with Gasteiger partial charge in [0.15, 0.2) is 5.78 Å². The van der Waals surface area contributed by atoms with Crippen LogP contribution >= 0.6 is 0 Å². The van der Waals surface area contributed by atoms with Crippen molar-refractivity contribution in [2.75, 3.05) is 0 Å². The number of hydrogen-bond donors (Lipinski definition) is 0. The molecule has 0 spiro atoms. The van der Waals surface area contributed by atoms with Crippen LogP contribution in [0, 0.1) is 5.82 Å². The van der Waals surface area contributed by atoms with Crippen LogP contribution in [0.25, 0.3) is 6.08 Å². The summed E-state index contributed by atoms with van der Waals surface area (Å²) >= 11 is 0. The quantitative estimate of drug-likeness (QED) is 0.669. The van der Waals surface area contributed by atoms with E-state index in [-0.39, 0.29) is 11.6 Å². The standard InChI is InChI=1S/C12H13FO/c1-2-3-12(14)9-6-10-4-7-11(13)8-5-10/h4-9H,2-3H2,1H3. The van der Waals surface area contributed by atoms with Crippen molar-refractivity contribution in [3.05, 3.63) is 41.7 Å². The highest BCUT2D eigenvalue weighted by Gasteiger charge is 1.93. The highest BCUT2D eigenvalue weighted by Crippen LogP contribution is 2.05. The van der Waals surface area contributed by atoms with E-state index in [0.717, 1.165) is 12.0 Å². The van der Waals surface area contributed by atoms with Crippen LogP contribution in [0.2, 0.25) is 0 Å². The van der Waals surface area contributed by atoms with Gasteiger partial charge in [0.05, 0.1) is 0 Å². The third kappa shape index (κ3) is 3.52. The second-order valence-corrected chi connectivity index (χ2v) is 3.10. The van der Waals surface area contributed by atoms with Gasteiger partial charge in [0.25, 0.3) is 0 Å². The summed E-state index contributed by atoms with van der Waals surface area (Å²) < 4.78 is 12.5. The molecule has 0 aliphatic heterocycles. The van der Waals surface area contributed by atoms with Crippen LogP contribution in [0.15, 0.2) is 30.3 Å². The molecular weight excluding hydrogens is 179 g/mol. The number of rotatable bonds is 4. The molecule has 0 unspecified atom stereocenters. The number of ketones is 1. The lowest BCUT2D eigenvalue weighted by Gasteiger charge is -1.92. The summed E-state index contributed by atoms with van der Waals surface area (Å²) in [6, 6.07) is 6.05. The monoisotopic (exact) mass is 192 g/mol. The summed E-state index contributed by atoms with van der Waals surface area (Å²) in [7, 11) is 0. The molecule has 0 saturated carbocycles. The predicted octanol–water partition coefficient (Wildman–Crippen LogP) is 3.21. The first-order chi connectivity index (χ1) is 6.72. The molecule has 0 saturated heterocycles. The van der Waals surface area contributed by atoms with Gasteiger partial charge in [-0.1, -0.05) is 25.1 Å². The van der Waals surface area contributed by atoms with Crippen molar-refractivity contribution < 1.29 is 9.18 Å². The average Bonchev–Trinajstić information content (AvgIpc) is 2.17. The maximum atomic E-state index is 12.5. The highest BCUT2D eigenvalue weighted by molar-refractivity contribution is 5.93. The first kappa shape index (κ1) is 10.6. The smallest absolute Gasteiger partial charge is 0.155 e. The zero-order chi connectivity index (χ0) is 10.4. The maximum Gasteiger partial charge on any atom is 0.155 e. The molecule has 0 N–H and O–H groups in total. The van der Waals surface area contributed by atoms with Crippen LogP contribution < -0.4 is 0 Å². The first-order valence-corrected chi connectivity index (χ1v) is 4.69. The van der Waals surface area contributed by atoms with Crippen molar-refractivity contribution in [1.29, 1.82) is 0 Å². The molecule has 0 aliphatic rings. The number of hydrogen-bond acceptors (Lipinski definition) is 1. The first-order valence-electron chi connectivity index (χ1n) is 4.69. The fraction of sp³-hybridized carbons (Fsp3) is 0.250. The Hall–Kier alpha value is -1.44. The summed E-state index contributed by atoms with van der Waals surface area (Å²) in [5.41, 5.74) is 0.843. The Kier molecular flexibility index (Phi) is 4.05. The van der Waals surface area contributed by atoms with E-state index >= 15 is 0 Å². The second kappa shape index (κ2) is 5.32. The van der Waals surface area contributed by atoms with Gasteiger partial charge in [-0.3, -0.25) is 4.79 Å². The molecule has 0 aliphatic carbocycles. The van der Waals surface area contributed by atoms with Gasteiger partial charge < -0.3 is 0 Å². The molecule has 1 aromatic rings. The van der Waals surface area contributed by atoms with E-state index in [9.17, 15) is 9.18 Å². The van der Waals surface area contributed by atoms with E-state index < -0.39 is 0 Å². The van der Waals surface area contributed by atoms with Crippen molar-refractivity contribution in [1.82, 2.24) is 0 Å². The van der Waals surface area contributed by atoms with E-state index in [2.05, 4.69) is 0 Å². The van der Waals surface area contributed by atoms with Crippen molar-refractivity contribution in [2.45, 2.75) is 19.8 Å². The number of benzene rings is 1. The normalized spacial score (nSPS) is 10.7. The molecule has 2 heteroatoms. The fourth-order valence-corrected chi connectivity index (χ4v) is 1.09. The summed E-state index contributed by atoms with van der Waals surface area (Å²) in [5, 5.41) is 0. The van der Waals surface area contributed by atoms with Crippen molar-refractivity contribution in [3.8, 4) is 0 Å². The lowest BCUT2D eigenvalue weighted by atomic mass is 10.1. The van der Waals surface area contributed by atoms with Crippen LogP contribution in [0.1, 0.15) is 25.3 Å². The lowest BCUT2D eigenvalue weighted by Crippen LogP contribution is -1.89. The number of carbonyl (C=O) groups is 1. The molecule has 1 rings (SSSR count). The molecule has 0 radical (unpaired) electrons. The minimum Gasteiger partial charge on any atom is -0.295 e. The topological polar surface area (TPSA) is 17.1 Å². The summed E-state index contributed by atoms with van der Waals surface area (Å²) in [6.07, 6.45) is 4.67. The van der Waals surface area contributed by atoms with Crippen molar-refractivity contribution >= 4 is 11.9 Å². The summed E-state index contributed by atoms with van der Waals surface area (Å²) in [5.74, 6) is -0.154. The molecule has 0 bridgehead atoms. The third-order valence-corrected chi connectivity index (χ3v) is 1.83. The van der Waals surface area contributed by atoms with Crippen LogP contribution in [0.5, 0.6) is 0 Å². The molecule has 1 nitrogen and oxygen atoms in total. The van der Waals surface area contributed by atoms with E-state index in [1.165, 1.54) is 18.2 Å². The largest absolute Gasteiger partial charge is 0.295 e. The van der Waals surface area contributed by atoms with Gasteiger partial charge in [0.2, 0.25) is 0 Å². The van der Waals surface area contributed by atoms with E-state index in [0.29, 0.717) is 6.42 Å². The van der Waals surface area contributed by atoms with Gasteiger partial charge >= 0.3 is 0 Å². The van der Waals surface area contributed by atoms with Gasteiger partial charge in [-0.25, -0.2) is 4.39 Å². The Bertz CT molecular complexity index is 325. The predicted molar refractivity (Wildman–Crippen MR) is 55.3 cm³/mol. The summed E-state index contributed by atoms with van der Waals surface area (Å²) in [4.78, 5) is 11.1. The Balaban J connectivity index is 2.60. The average molecular weight is 192 g/mol. The minimum atomic E-state index is -0.262. The van der Waals surface area contributed by atoms with Gasteiger partial charge in [-0.2, -0.15) is 0 Å². The van der Waals surface area contributed by atoms with Gasteiger partial charge in [-0.15, -0.1) is 0 Å². The molecule has 74 valence electrons.